The van der Waals surface area contributed by atoms with Crippen molar-refractivity contribution >= 4 is 17.9 Å². The summed E-state index contributed by atoms with van der Waals surface area (Å²) in [5.74, 6) is -2.07. The number of aliphatic carboxylic acids is 1. The third-order valence-corrected chi connectivity index (χ3v) is 9.82. The van der Waals surface area contributed by atoms with E-state index in [1.54, 1.807) is 0 Å². The van der Waals surface area contributed by atoms with Gasteiger partial charge in [0.15, 0.2) is 6.10 Å². The molecular formula is C54H90NO8+. The number of hydrogen-bond acceptors (Lipinski definition) is 7. The molecule has 0 fully saturated rings. The Bertz CT molecular complexity index is 1350. The van der Waals surface area contributed by atoms with Crippen molar-refractivity contribution < 1.29 is 42.9 Å². The first-order valence-electron chi connectivity index (χ1n) is 24.4. The van der Waals surface area contributed by atoms with Gasteiger partial charge in [-0.15, -0.1) is 0 Å². The predicted molar refractivity (Wildman–Crippen MR) is 262 cm³/mol. The average Bonchev–Trinajstić information content (AvgIpc) is 3.24. The smallest absolute Gasteiger partial charge is 0.361 e. The Morgan fingerprint density at radius 2 is 0.905 bits per heavy atom. The standard InChI is InChI=1S/C54H89NO8/c1-6-8-10-12-14-16-18-20-22-23-24-25-26-27-28-29-31-33-35-37-39-41-43-45-52(57)63-50(49-62-54(53(58)59)60-47-46-55(3,4)5)48-61-51(56)44-42-40-38-36-34-32-30-21-19-17-15-13-11-9-7-2/h8,10,14-17,20-22,24-25,27-28,30-31,33,50,54H,6-7,9,11-13,18-19,23,26,29,32,34-49H2,1-5H3/p+1/b10-8-,16-14-,17-15-,22-20-,25-24-,28-27-,30-21-,33-31-. The maximum Gasteiger partial charge on any atom is 0.361 e. The molecule has 0 rings (SSSR count). The van der Waals surface area contributed by atoms with Crippen LogP contribution in [0.15, 0.2) is 97.2 Å². The minimum Gasteiger partial charge on any atom is -0.477 e. The van der Waals surface area contributed by atoms with Crippen molar-refractivity contribution in [3.05, 3.63) is 97.2 Å². The molecule has 0 bridgehead atoms. The highest BCUT2D eigenvalue weighted by Crippen LogP contribution is 2.12. The second-order valence-electron chi connectivity index (χ2n) is 17.0. The van der Waals surface area contributed by atoms with Crippen LogP contribution in [0, 0.1) is 0 Å². The molecule has 0 aromatic rings. The lowest BCUT2D eigenvalue weighted by Gasteiger charge is -2.25. The van der Waals surface area contributed by atoms with E-state index in [2.05, 4.69) is 111 Å². The van der Waals surface area contributed by atoms with E-state index in [4.69, 9.17) is 18.9 Å². The molecule has 0 spiro atoms. The third kappa shape index (κ3) is 46.0. The van der Waals surface area contributed by atoms with Crippen LogP contribution >= 0.6 is 0 Å². The van der Waals surface area contributed by atoms with Crippen molar-refractivity contribution in [1.29, 1.82) is 0 Å². The summed E-state index contributed by atoms with van der Waals surface area (Å²) in [4.78, 5) is 37.2. The van der Waals surface area contributed by atoms with Gasteiger partial charge in [-0.2, -0.15) is 0 Å². The number of hydrogen-bond donors (Lipinski definition) is 1. The normalized spacial score (nSPS) is 13.7. The van der Waals surface area contributed by atoms with Crippen molar-refractivity contribution in [2.24, 2.45) is 0 Å². The van der Waals surface area contributed by atoms with Gasteiger partial charge in [0.25, 0.3) is 6.29 Å². The average molecular weight is 881 g/mol. The summed E-state index contributed by atoms with van der Waals surface area (Å²) in [6, 6.07) is 0. The fourth-order valence-electron chi connectivity index (χ4n) is 6.04. The monoisotopic (exact) mass is 881 g/mol. The van der Waals surface area contributed by atoms with Crippen LogP contribution in [0.3, 0.4) is 0 Å². The fourth-order valence-corrected chi connectivity index (χ4v) is 6.04. The van der Waals surface area contributed by atoms with Crippen LogP contribution in [0.5, 0.6) is 0 Å². The summed E-state index contributed by atoms with van der Waals surface area (Å²) in [7, 11) is 5.93. The number of carbonyl (C=O) groups excluding carboxylic acids is 2. The number of allylic oxidation sites excluding steroid dienone is 16. The number of carboxylic acids is 1. The van der Waals surface area contributed by atoms with E-state index < -0.39 is 24.3 Å². The lowest BCUT2D eigenvalue weighted by molar-refractivity contribution is -0.870. The highest BCUT2D eigenvalue weighted by Gasteiger charge is 2.25. The van der Waals surface area contributed by atoms with Gasteiger partial charge in [-0.3, -0.25) is 9.59 Å². The molecule has 0 amide bonds. The molecule has 0 saturated carbocycles. The van der Waals surface area contributed by atoms with E-state index in [1.807, 2.05) is 21.1 Å². The molecule has 0 aliphatic carbocycles. The maximum absolute atomic E-state index is 12.8. The molecule has 0 radical (unpaired) electrons. The highest BCUT2D eigenvalue weighted by atomic mass is 16.7. The van der Waals surface area contributed by atoms with Gasteiger partial charge in [0.1, 0.15) is 13.2 Å². The Kier molecular flexibility index (Phi) is 42.1. The van der Waals surface area contributed by atoms with Crippen LogP contribution in [-0.4, -0.2) is 87.4 Å². The first kappa shape index (κ1) is 59.2. The van der Waals surface area contributed by atoms with Gasteiger partial charge < -0.3 is 28.5 Å². The van der Waals surface area contributed by atoms with Gasteiger partial charge in [-0.1, -0.05) is 156 Å². The van der Waals surface area contributed by atoms with E-state index in [9.17, 15) is 19.5 Å². The van der Waals surface area contributed by atoms with Crippen molar-refractivity contribution in [3.8, 4) is 0 Å². The molecule has 63 heavy (non-hydrogen) atoms. The molecule has 9 nitrogen and oxygen atoms in total. The van der Waals surface area contributed by atoms with Crippen LogP contribution in [0.4, 0.5) is 0 Å². The summed E-state index contributed by atoms with van der Waals surface area (Å²) >= 11 is 0. The molecule has 0 aromatic heterocycles. The molecule has 0 aromatic carbocycles. The SMILES string of the molecule is CC/C=C\C/C=C\C/C=C\C/C=C\C/C=C\C/C=C\CCCCCCC(=O)OC(COC(=O)CCCCCCC/C=C\C/C=C\CCCCC)COC(OCC[N+](C)(C)C)C(=O)O. The number of quaternary nitrogens is 1. The number of carbonyl (C=O) groups is 3. The van der Waals surface area contributed by atoms with Crippen LogP contribution in [0.1, 0.15) is 168 Å². The number of nitrogens with zero attached hydrogens (tertiary/aromatic N) is 1. The fraction of sp³-hybridized carbons (Fsp3) is 0.648. The summed E-state index contributed by atoms with van der Waals surface area (Å²) in [6.07, 6.45) is 56.1. The van der Waals surface area contributed by atoms with Crippen molar-refractivity contribution in [2.75, 3.05) is 47.5 Å². The van der Waals surface area contributed by atoms with Crippen LogP contribution in [0.25, 0.3) is 0 Å². The number of rotatable bonds is 43. The van der Waals surface area contributed by atoms with Gasteiger partial charge in [0.05, 0.1) is 34.4 Å². The summed E-state index contributed by atoms with van der Waals surface area (Å²) in [6.45, 7) is 4.66. The van der Waals surface area contributed by atoms with Gasteiger partial charge in [0.2, 0.25) is 0 Å². The van der Waals surface area contributed by atoms with E-state index in [0.29, 0.717) is 17.4 Å². The molecule has 0 aliphatic heterocycles. The van der Waals surface area contributed by atoms with E-state index in [-0.39, 0.29) is 38.6 Å². The molecule has 2 unspecified atom stereocenters. The first-order chi connectivity index (χ1) is 30.6. The summed E-state index contributed by atoms with van der Waals surface area (Å²) < 4.78 is 22.7. The Morgan fingerprint density at radius 1 is 0.492 bits per heavy atom. The molecule has 0 saturated heterocycles. The molecule has 1 N–H and O–H groups in total. The number of unbranched alkanes of at least 4 members (excludes halogenated alkanes) is 12. The summed E-state index contributed by atoms with van der Waals surface area (Å²) in [5, 5.41) is 9.66. The second kappa shape index (κ2) is 44.8. The van der Waals surface area contributed by atoms with E-state index >= 15 is 0 Å². The van der Waals surface area contributed by atoms with Gasteiger partial charge in [-0.05, 0) is 96.3 Å². The number of ether oxygens (including phenoxy) is 4. The Labute approximate surface area is 384 Å². The molecule has 0 heterocycles. The lowest BCUT2D eigenvalue weighted by atomic mass is 10.1. The zero-order valence-electron chi connectivity index (χ0n) is 40.4. The molecule has 358 valence electrons. The minimum absolute atomic E-state index is 0.174. The Morgan fingerprint density at radius 3 is 1.35 bits per heavy atom. The molecule has 2 atom stereocenters. The van der Waals surface area contributed by atoms with E-state index in [0.717, 1.165) is 109 Å². The molecule has 9 heteroatoms. The summed E-state index contributed by atoms with van der Waals surface area (Å²) in [5.41, 5.74) is 0. The van der Waals surface area contributed by atoms with Crippen molar-refractivity contribution in [1.82, 2.24) is 0 Å². The van der Waals surface area contributed by atoms with Gasteiger partial charge >= 0.3 is 17.9 Å². The maximum atomic E-state index is 12.8. The minimum atomic E-state index is -1.53. The second-order valence-corrected chi connectivity index (χ2v) is 17.0. The lowest BCUT2D eigenvalue weighted by Crippen LogP contribution is -2.40. The van der Waals surface area contributed by atoms with Gasteiger partial charge in [-0.25, -0.2) is 4.79 Å². The number of esters is 2. The van der Waals surface area contributed by atoms with Gasteiger partial charge in [0, 0.05) is 12.8 Å². The first-order valence-corrected chi connectivity index (χ1v) is 24.4. The Hall–Kier alpha value is -3.79. The third-order valence-electron chi connectivity index (χ3n) is 9.82. The zero-order valence-corrected chi connectivity index (χ0v) is 40.4. The molecular weight excluding hydrogens is 791 g/mol. The number of likely N-dealkylation sites (N-methyl/N-ethyl adjacent to an activating group) is 1. The Balaban J connectivity index is 4.48. The quantitative estimate of drug-likeness (QED) is 0.0212. The van der Waals surface area contributed by atoms with Crippen LogP contribution in [0.2, 0.25) is 0 Å². The van der Waals surface area contributed by atoms with Crippen LogP contribution < -0.4 is 0 Å². The predicted octanol–water partition coefficient (Wildman–Crippen LogP) is 13.4. The van der Waals surface area contributed by atoms with Crippen LogP contribution in [-0.2, 0) is 33.3 Å². The van der Waals surface area contributed by atoms with E-state index in [1.165, 1.54) is 25.7 Å². The zero-order chi connectivity index (χ0) is 46.3. The largest absolute Gasteiger partial charge is 0.477 e. The van der Waals surface area contributed by atoms with Crippen molar-refractivity contribution in [2.45, 2.75) is 180 Å². The van der Waals surface area contributed by atoms with Crippen molar-refractivity contribution in [3.63, 3.8) is 0 Å². The topological polar surface area (TPSA) is 108 Å². The molecule has 0 aliphatic rings. The number of carboxylic acid groups (broad SMARTS) is 1. The highest BCUT2D eigenvalue weighted by molar-refractivity contribution is 5.71.